The van der Waals surface area contributed by atoms with Gasteiger partial charge in [0.05, 0.1) is 12.4 Å². The van der Waals surface area contributed by atoms with E-state index < -0.39 is 6.10 Å². The first-order valence-corrected chi connectivity index (χ1v) is 3.83. The quantitative estimate of drug-likeness (QED) is 0.731. The second-order valence-electron chi connectivity index (χ2n) is 2.52. The Balaban J connectivity index is 2.59. The molecule has 0 fully saturated rings. The average Bonchev–Trinajstić information content (AvgIpc) is 2.15. The molecule has 0 heterocycles. The van der Waals surface area contributed by atoms with Crippen molar-refractivity contribution in [1.29, 1.82) is 0 Å². The van der Waals surface area contributed by atoms with Crippen molar-refractivity contribution in [3.05, 3.63) is 48.3 Å². The molecule has 0 amide bonds. The summed E-state index contributed by atoms with van der Waals surface area (Å²) in [6.45, 7) is 0. The largest absolute Gasteiger partial charge is 0.388 e. The smallest absolute Gasteiger partial charge is 0.0828 e. The molecule has 0 aliphatic rings. The average molecular weight is 166 g/mol. The van der Waals surface area contributed by atoms with E-state index >= 15 is 0 Å². The summed E-state index contributed by atoms with van der Waals surface area (Å²) >= 11 is 0. The fourth-order valence-corrected chi connectivity index (χ4v) is 0.992. The molecule has 0 spiro atoms. The van der Waals surface area contributed by atoms with Crippen molar-refractivity contribution < 1.29 is 9.50 Å². The first kappa shape index (κ1) is 8.94. The summed E-state index contributed by atoms with van der Waals surface area (Å²) in [4.78, 5) is 0. The van der Waals surface area contributed by atoms with Crippen molar-refractivity contribution in [3.63, 3.8) is 0 Å². The van der Waals surface area contributed by atoms with Crippen LogP contribution in [0.15, 0.2) is 42.7 Å². The standard InChI is InChI=1S/C10H11FO/c11-8-4-7-10(12)9-5-2-1-3-6-9/h1-6,8,10,12H,7H2/b8-4-/t10-/m0/s1. The molecule has 0 bridgehead atoms. The van der Waals surface area contributed by atoms with Gasteiger partial charge >= 0.3 is 0 Å². The fraction of sp³-hybridized carbons (Fsp3) is 0.200. The molecule has 0 aromatic heterocycles. The molecule has 12 heavy (non-hydrogen) atoms. The van der Waals surface area contributed by atoms with Crippen LogP contribution >= 0.6 is 0 Å². The van der Waals surface area contributed by atoms with Crippen LogP contribution in [0.1, 0.15) is 18.1 Å². The summed E-state index contributed by atoms with van der Waals surface area (Å²) in [7, 11) is 0. The third-order valence-electron chi connectivity index (χ3n) is 1.63. The Morgan fingerprint density at radius 1 is 1.33 bits per heavy atom. The molecule has 0 saturated carbocycles. The highest BCUT2D eigenvalue weighted by Gasteiger charge is 2.02. The Bertz CT molecular complexity index is 243. The number of aliphatic hydroxyl groups is 1. The van der Waals surface area contributed by atoms with Crippen LogP contribution in [0.4, 0.5) is 4.39 Å². The van der Waals surface area contributed by atoms with Crippen LogP contribution < -0.4 is 0 Å². The van der Waals surface area contributed by atoms with Gasteiger partial charge in [-0.2, -0.15) is 0 Å². The van der Waals surface area contributed by atoms with Crippen molar-refractivity contribution in [2.75, 3.05) is 0 Å². The molecule has 1 rings (SSSR count). The number of benzene rings is 1. The van der Waals surface area contributed by atoms with Gasteiger partial charge in [0, 0.05) is 0 Å². The first-order valence-electron chi connectivity index (χ1n) is 3.83. The molecule has 0 aliphatic carbocycles. The van der Waals surface area contributed by atoms with Gasteiger partial charge in [-0.1, -0.05) is 36.4 Å². The van der Waals surface area contributed by atoms with Crippen LogP contribution in [-0.4, -0.2) is 5.11 Å². The normalized spacial score (nSPS) is 13.5. The molecule has 2 heteroatoms. The van der Waals surface area contributed by atoms with E-state index in [1.54, 1.807) is 0 Å². The van der Waals surface area contributed by atoms with E-state index in [1.165, 1.54) is 6.08 Å². The van der Waals surface area contributed by atoms with Crippen molar-refractivity contribution in [2.24, 2.45) is 0 Å². The predicted octanol–water partition coefficient (Wildman–Crippen LogP) is 2.59. The first-order chi connectivity index (χ1) is 5.84. The Morgan fingerprint density at radius 2 is 2.00 bits per heavy atom. The zero-order chi connectivity index (χ0) is 8.81. The van der Waals surface area contributed by atoms with Crippen molar-refractivity contribution in [3.8, 4) is 0 Å². The molecule has 1 nitrogen and oxygen atoms in total. The van der Waals surface area contributed by atoms with Gasteiger partial charge in [0.1, 0.15) is 0 Å². The van der Waals surface area contributed by atoms with E-state index in [-0.39, 0.29) is 0 Å². The third kappa shape index (κ3) is 2.47. The van der Waals surface area contributed by atoms with Gasteiger partial charge in [-0.05, 0) is 12.0 Å². The van der Waals surface area contributed by atoms with Crippen LogP contribution in [0.3, 0.4) is 0 Å². The minimum absolute atomic E-state index is 0.320. The zero-order valence-electron chi connectivity index (χ0n) is 6.65. The Kier molecular flexibility index (Phi) is 3.48. The molecule has 1 aromatic carbocycles. The van der Waals surface area contributed by atoms with Gasteiger partial charge in [-0.3, -0.25) is 0 Å². The number of hydrogen-bond acceptors (Lipinski definition) is 1. The lowest BCUT2D eigenvalue weighted by atomic mass is 10.1. The Hall–Kier alpha value is -1.15. The second kappa shape index (κ2) is 4.67. The van der Waals surface area contributed by atoms with Gasteiger partial charge in [0.15, 0.2) is 0 Å². The van der Waals surface area contributed by atoms with Crippen LogP contribution in [-0.2, 0) is 0 Å². The number of halogens is 1. The summed E-state index contributed by atoms with van der Waals surface area (Å²) in [6.07, 6.45) is 1.47. The van der Waals surface area contributed by atoms with Gasteiger partial charge in [-0.25, -0.2) is 4.39 Å². The van der Waals surface area contributed by atoms with E-state index in [0.717, 1.165) is 5.56 Å². The van der Waals surface area contributed by atoms with Gasteiger partial charge in [0.25, 0.3) is 0 Å². The van der Waals surface area contributed by atoms with Gasteiger partial charge in [-0.15, -0.1) is 0 Å². The minimum Gasteiger partial charge on any atom is -0.388 e. The summed E-state index contributed by atoms with van der Waals surface area (Å²) < 4.78 is 11.6. The van der Waals surface area contributed by atoms with E-state index in [1.807, 2.05) is 30.3 Å². The lowest BCUT2D eigenvalue weighted by Gasteiger charge is -2.06. The lowest BCUT2D eigenvalue weighted by molar-refractivity contribution is 0.181. The maximum absolute atomic E-state index is 11.6. The molecule has 0 unspecified atom stereocenters. The molecular weight excluding hydrogens is 155 g/mol. The number of rotatable bonds is 3. The van der Waals surface area contributed by atoms with E-state index in [2.05, 4.69) is 0 Å². The molecular formula is C10H11FO. The van der Waals surface area contributed by atoms with E-state index in [9.17, 15) is 9.50 Å². The van der Waals surface area contributed by atoms with Crippen LogP contribution in [0.2, 0.25) is 0 Å². The highest BCUT2D eigenvalue weighted by atomic mass is 19.1. The second-order valence-corrected chi connectivity index (χ2v) is 2.52. The van der Waals surface area contributed by atoms with Crippen LogP contribution in [0.25, 0.3) is 0 Å². The third-order valence-corrected chi connectivity index (χ3v) is 1.63. The number of hydrogen-bond donors (Lipinski definition) is 1. The van der Waals surface area contributed by atoms with Crippen molar-refractivity contribution in [2.45, 2.75) is 12.5 Å². The maximum atomic E-state index is 11.6. The van der Waals surface area contributed by atoms with E-state index in [0.29, 0.717) is 12.8 Å². The minimum atomic E-state index is -0.599. The monoisotopic (exact) mass is 166 g/mol. The summed E-state index contributed by atoms with van der Waals surface area (Å²) in [6, 6.07) is 9.20. The molecule has 64 valence electrons. The van der Waals surface area contributed by atoms with Crippen LogP contribution in [0, 0.1) is 0 Å². The molecule has 1 aromatic rings. The van der Waals surface area contributed by atoms with Crippen molar-refractivity contribution >= 4 is 0 Å². The highest BCUT2D eigenvalue weighted by Crippen LogP contribution is 2.15. The molecule has 0 radical (unpaired) electrons. The Labute approximate surface area is 71.2 Å². The maximum Gasteiger partial charge on any atom is 0.0828 e. The summed E-state index contributed by atoms with van der Waals surface area (Å²) in [5, 5.41) is 9.43. The summed E-state index contributed by atoms with van der Waals surface area (Å²) in [5.74, 6) is 0. The van der Waals surface area contributed by atoms with Gasteiger partial charge < -0.3 is 5.11 Å². The topological polar surface area (TPSA) is 20.2 Å². The predicted molar refractivity (Wildman–Crippen MR) is 46.3 cm³/mol. The van der Waals surface area contributed by atoms with E-state index in [4.69, 9.17) is 0 Å². The zero-order valence-corrected chi connectivity index (χ0v) is 6.65. The molecule has 1 atom stereocenters. The van der Waals surface area contributed by atoms with Crippen LogP contribution in [0.5, 0.6) is 0 Å². The van der Waals surface area contributed by atoms with Gasteiger partial charge in [0.2, 0.25) is 0 Å². The highest BCUT2D eigenvalue weighted by molar-refractivity contribution is 5.17. The fourth-order valence-electron chi connectivity index (χ4n) is 0.992. The lowest BCUT2D eigenvalue weighted by Crippen LogP contribution is -1.94. The molecule has 1 N–H and O–H groups in total. The summed E-state index contributed by atoms with van der Waals surface area (Å²) in [5.41, 5.74) is 0.815. The number of aliphatic hydroxyl groups excluding tert-OH is 1. The Morgan fingerprint density at radius 3 is 2.58 bits per heavy atom. The van der Waals surface area contributed by atoms with Crippen molar-refractivity contribution in [1.82, 2.24) is 0 Å². The SMILES string of the molecule is O[C@@H](C/C=C\F)c1ccccc1. The molecule has 0 saturated heterocycles. The molecule has 0 aliphatic heterocycles.